The topological polar surface area (TPSA) is 78.7 Å². The molecule has 0 N–H and O–H groups in total. The van der Waals surface area contributed by atoms with Gasteiger partial charge in [-0.1, -0.05) is 31.1 Å². The molecule has 0 aliphatic carbocycles. The third kappa shape index (κ3) is 3.58. The SMILES string of the molecule is CC(C)Cn1ncnc1Cn1c(Cc2ccc(F)cc2)noc1=O. The van der Waals surface area contributed by atoms with Gasteiger partial charge in [0.05, 0.1) is 6.54 Å². The molecule has 2 heterocycles. The van der Waals surface area contributed by atoms with Crippen LogP contribution in [0.2, 0.25) is 0 Å². The van der Waals surface area contributed by atoms with E-state index >= 15 is 0 Å². The first-order chi connectivity index (χ1) is 11.5. The highest BCUT2D eigenvalue weighted by Crippen LogP contribution is 2.10. The van der Waals surface area contributed by atoms with E-state index in [4.69, 9.17) is 4.52 Å². The maximum absolute atomic E-state index is 13.0. The second-order valence-corrected chi connectivity index (χ2v) is 6.01. The van der Waals surface area contributed by atoms with Crippen molar-refractivity contribution in [2.45, 2.75) is 33.4 Å². The minimum absolute atomic E-state index is 0.228. The van der Waals surface area contributed by atoms with Gasteiger partial charge in [-0.25, -0.2) is 18.9 Å². The summed E-state index contributed by atoms with van der Waals surface area (Å²) < 4.78 is 21.0. The van der Waals surface area contributed by atoms with Crippen LogP contribution in [0.15, 0.2) is 39.9 Å². The molecule has 0 amide bonds. The summed E-state index contributed by atoms with van der Waals surface area (Å²) in [5.74, 6) is 0.674. The number of hydrogen-bond acceptors (Lipinski definition) is 5. The van der Waals surface area contributed by atoms with Gasteiger partial charge in [0.25, 0.3) is 0 Å². The lowest BCUT2D eigenvalue weighted by molar-refractivity contribution is 0.373. The molecule has 0 aliphatic heterocycles. The molecule has 0 unspecified atom stereocenters. The Kier molecular flexibility index (Phi) is 4.54. The molecule has 0 fully saturated rings. The van der Waals surface area contributed by atoms with Crippen LogP contribution in [0.1, 0.15) is 31.1 Å². The Morgan fingerprint density at radius 1 is 1.21 bits per heavy atom. The monoisotopic (exact) mass is 331 g/mol. The lowest BCUT2D eigenvalue weighted by Gasteiger charge is -2.09. The van der Waals surface area contributed by atoms with Gasteiger partial charge >= 0.3 is 5.76 Å². The molecule has 126 valence electrons. The van der Waals surface area contributed by atoms with E-state index in [0.29, 0.717) is 30.5 Å². The number of nitrogens with zero attached hydrogens (tertiary/aromatic N) is 5. The number of hydrogen-bond donors (Lipinski definition) is 0. The van der Waals surface area contributed by atoms with Gasteiger partial charge < -0.3 is 0 Å². The van der Waals surface area contributed by atoms with Crippen LogP contribution in [0.4, 0.5) is 4.39 Å². The Balaban J connectivity index is 1.84. The summed E-state index contributed by atoms with van der Waals surface area (Å²) in [6, 6.07) is 6.05. The molecular weight excluding hydrogens is 313 g/mol. The normalized spacial score (nSPS) is 11.3. The van der Waals surface area contributed by atoms with Gasteiger partial charge in [-0.3, -0.25) is 9.09 Å². The first kappa shape index (κ1) is 16.1. The number of benzene rings is 1. The minimum Gasteiger partial charge on any atom is -0.296 e. The van der Waals surface area contributed by atoms with Crippen LogP contribution in [-0.2, 0) is 19.5 Å². The average molecular weight is 331 g/mol. The molecule has 0 radical (unpaired) electrons. The molecular formula is C16H18FN5O2. The highest BCUT2D eigenvalue weighted by molar-refractivity contribution is 5.19. The quantitative estimate of drug-likeness (QED) is 0.689. The van der Waals surface area contributed by atoms with Crippen LogP contribution < -0.4 is 5.76 Å². The molecule has 0 saturated carbocycles. The third-order valence-corrected chi connectivity index (χ3v) is 3.57. The fourth-order valence-corrected chi connectivity index (χ4v) is 2.41. The molecule has 0 bridgehead atoms. The Labute approximate surface area is 137 Å². The Morgan fingerprint density at radius 2 is 1.96 bits per heavy atom. The van der Waals surface area contributed by atoms with Crippen molar-refractivity contribution < 1.29 is 8.91 Å². The predicted octanol–water partition coefficient (Wildman–Crippen LogP) is 1.86. The van der Waals surface area contributed by atoms with Crippen molar-refractivity contribution >= 4 is 0 Å². The second-order valence-electron chi connectivity index (χ2n) is 6.01. The Hall–Kier alpha value is -2.77. The van der Waals surface area contributed by atoms with E-state index in [0.717, 1.165) is 5.56 Å². The molecule has 3 aromatic rings. The van der Waals surface area contributed by atoms with Crippen molar-refractivity contribution in [3.8, 4) is 0 Å². The Bertz CT molecular complexity index is 863. The predicted molar refractivity (Wildman–Crippen MR) is 83.9 cm³/mol. The lowest BCUT2D eigenvalue weighted by Crippen LogP contribution is -2.21. The molecule has 3 rings (SSSR count). The van der Waals surface area contributed by atoms with Crippen molar-refractivity contribution in [2.24, 2.45) is 5.92 Å². The fourth-order valence-electron chi connectivity index (χ4n) is 2.41. The first-order valence-electron chi connectivity index (χ1n) is 7.69. The van der Waals surface area contributed by atoms with Crippen molar-refractivity contribution in [3.05, 3.63) is 64.2 Å². The van der Waals surface area contributed by atoms with Crippen LogP contribution in [0.3, 0.4) is 0 Å². The molecule has 0 saturated heterocycles. The summed E-state index contributed by atoms with van der Waals surface area (Å²) in [4.78, 5) is 16.2. The van der Waals surface area contributed by atoms with Crippen LogP contribution in [0.5, 0.6) is 0 Å². The molecule has 0 atom stereocenters. The lowest BCUT2D eigenvalue weighted by atomic mass is 10.1. The van der Waals surface area contributed by atoms with Crippen molar-refractivity contribution in [1.82, 2.24) is 24.5 Å². The maximum atomic E-state index is 13.0. The highest BCUT2D eigenvalue weighted by atomic mass is 19.1. The maximum Gasteiger partial charge on any atom is 0.442 e. The number of aromatic nitrogens is 5. The van der Waals surface area contributed by atoms with Gasteiger partial charge in [0.2, 0.25) is 0 Å². The molecule has 2 aromatic heterocycles. The van der Waals surface area contributed by atoms with Gasteiger partial charge in [0.15, 0.2) is 5.82 Å². The summed E-state index contributed by atoms with van der Waals surface area (Å²) in [7, 11) is 0. The van der Waals surface area contributed by atoms with Gasteiger partial charge in [-0.2, -0.15) is 5.10 Å². The average Bonchev–Trinajstić information content (AvgIpc) is 3.10. The minimum atomic E-state index is -0.550. The third-order valence-electron chi connectivity index (χ3n) is 3.57. The van der Waals surface area contributed by atoms with Crippen LogP contribution >= 0.6 is 0 Å². The first-order valence-corrected chi connectivity index (χ1v) is 7.69. The zero-order valence-electron chi connectivity index (χ0n) is 13.5. The molecule has 7 nitrogen and oxygen atoms in total. The van der Waals surface area contributed by atoms with E-state index in [-0.39, 0.29) is 12.4 Å². The van der Waals surface area contributed by atoms with E-state index in [1.165, 1.54) is 23.0 Å². The summed E-state index contributed by atoms with van der Waals surface area (Å²) in [5, 5.41) is 8.02. The van der Waals surface area contributed by atoms with Crippen LogP contribution in [0, 0.1) is 11.7 Å². The molecule has 0 aliphatic rings. The van der Waals surface area contributed by atoms with Crippen molar-refractivity contribution in [3.63, 3.8) is 0 Å². The number of halogens is 1. The standard InChI is InChI=1S/C16H18FN5O2/c1-11(2)8-22-15(18-10-19-22)9-21-14(20-24-16(21)23)7-12-3-5-13(17)6-4-12/h3-6,10-11H,7-9H2,1-2H3. The van der Waals surface area contributed by atoms with Crippen molar-refractivity contribution in [1.29, 1.82) is 0 Å². The highest BCUT2D eigenvalue weighted by Gasteiger charge is 2.15. The van der Waals surface area contributed by atoms with E-state index in [2.05, 4.69) is 29.1 Å². The van der Waals surface area contributed by atoms with Gasteiger partial charge in [-0.15, -0.1) is 0 Å². The molecule has 1 aromatic carbocycles. The van der Waals surface area contributed by atoms with E-state index in [1.54, 1.807) is 16.8 Å². The molecule has 8 heteroatoms. The van der Waals surface area contributed by atoms with Gasteiger partial charge in [0.1, 0.15) is 18.0 Å². The van der Waals surface area contributed by atoms with E-state index in [1.807, 2.05) is 0 Å². The number of rotatable bonds is 6. The zero-order valence-corrected chi connectivity index (χ0v) is 13.5. The second kappa shape index (κ2) is 6.77. The van der Waals surface area contributed by atoms with Gasteiger partial charge in [-0.05, 0) is 23.6 Å². The summed E-state index contributed by atoms with van der Waals surface area (Å²) in [6.45, 7) is 5.10. The smallest absolute Gasteiger partial charge is 0.296 e. The summed E-state index contributed by atoms with van der Waals surface area (Å²) in [6.07, 6.45) is 1.83. The summed E-state index contributed by atoms with van der Waals surface area (Å²) in [5.41, 5.74) is 0.835. The molecule has 0 spiro atoms. The van der Waals surface area contributed by atoms with Crippen LogP contribution in [-0.4, -0.2) is 24.5 Å². The van der Waals surface area contributed by atoms with Gasteiger partial charge in [0, 0.05) is 13.0 Å². The van der Waals surface area contributed by atoms with E-state index in [9.17, 15) is 9.18 Å². The van der Waals surface area contributed by atoms with Crippen LogP contribution in [0.25, 0.3) is 0 Å². The summed E-state index contributed by atoms with van der Waals surface area (Å²) >= 11 is 0. The van der Waals surface area contributed by atoms with E-state index < -0.39 is 5.76 Å². The van der Waals surface area contributed by atoms with Crippen molar-refractivity contribution in [2.75, 3.05) is 0 Å². The molecule has 24 heavy (non-hydrogen) atoms. The largest absolute Gasteiger partial charge is 0.442 e. The Morgan fingerprint density at radius 3 is 2.67 bits per heavy atom. The zero-order chi connectivity index (χ0) is 17.1. The fraction of sp³-hybridized carbons (Fsp3) is 0.375.